The highest BCUT2D eigenvalue weighted by molar-refractivity contribution is 6.03. The van der Waals surface area contributed by atoms with E-state index in [9.17, 15) is 14.0 Å². The van der Waals surface area contributed by atoms with E-state index in [0.29, 0.717) is 34.9 Å². The van der Waals surface area contributed by atoms with E-state index in [1.165, 1.54) is 45.2 Å². The molecule has 3 saturated heterocycles. The van der Waals surface area contributed by atoms with E-state index in [1.807, 2.05) is 24.3 Å². The second kappa shape index (κ2) is 12.9. The number of benzene rings is 2. The molecule has 0 bridgehead atoms. The number of carbonyl (C=O) groups is 2. The topological polar surface area (TPSA) is 144 Å². The van der Waals surface area contributed by atoms with Gasteiger partial charge >= 0.3 is 0 Å². The van der Waals surface area contributed by atoms with Gasteiger partial charge in [-0.2, -0.15) is 5.10 Å². The number of ether oxygens (including phenoxy) is 1. The molecule has 0 aliphatic carbocycles. The van der Waals surface area contributed by atoms with Gasteiger partial charge in [0.05, 0.1) is 18.7 Å². The molecular formula is C32H41FN8O3. The molecule has 11 nitrogen and oxygen atoms in total. The number of nitrogen functional groups attached to an aromatic ring is 1. The van der Waals surface area contributed by atoms with Crippen LogP contribution in [0.5, 0.6) is 5.75 Å². The molecule has 0 saturated carbocycles. The Labute approximate surface area is 256 Å². The minimum absolute atomic E-state index is 0.0912. The normalized spacial score (nSPS) is 19.0. The SMILES string of the molecule is COc1ccc(F)cc1C(=O)NCc1ccc(-c2nn(C3CCN(C4CCN(C5CNC5)CC4)CC3)c(N)c2C(N)=O)cc1. The molecule has 4 heterocycles. The van der Waals surface area contributed by atoms with Crippen LogP contribution in [0.3, 0.4) is 0 Å². The van der Waals surface area contributed by atoms with E-state index >= 15 is 0 Å². The third kappa shape index (κ3) is 6.15. The molecule has 234 valence electrons. The van der Waals surface area contributed by atoms with E-state index < -0.39 is 17.6 Å². The van der Waals surface area contributed by atoms with Gasteiger partial charge in [-0.15, -0.1) is 0 Å². The number of amides is 2. The maximum absolute atomic E-state index is 13.7. The first kappa shape index (κ1) is 30.0. The Morgan fingerprint density at radius 2 is 1.61 bits per heavy atom. The Bertz CT molecular complexity index is 1490. The van der Waals surface area contributed by atoms with Crippen molar-refractivity contribution in [2.45, 2.75) is 50.4 Å². The minimum Gasteiger partial charge on any atom is -0.496 e. The van der Waals surface area contributed by atoms with Crippen LogP contribution in [0.15, 0.2) is 42.5 Å². The molecule has 1 aromatic heterocycles. The fraction of sp³-hybridized carbons (Fsp3) is 0.469. The van der Waals surface area contributed by atoms with Crippen LogP contribution >= 0.6 is 0 Å². The number of nitrogens with zero attached hydrogens (tertiary/aromatic N) is 4. The van der Waals surface area contributed by atoms with Crippen molar-refractivity contribution >= 4 is 17.6 Å². The van der Waals surface area contributed by atoms with Gasteiger partial charge in [0.25, 0.3) is 11.8 Å². The van der Waals surface area contributed by atoms with Gasteiger partial charge in [-0.1, -0.05) is 24.3 Å². The summed E-state index contributed by atoms with van der Waals surface area (Å²) in [5.41, 5.74) is 14.6. The number of methoxy groups -OCH3 is 1. The lowest BCUT2D eigenvalue weighted by atomic mass is 9.96. The number of nitrogens with two attached hydrogens (primary N) is 2. The summed E-state index contributed by atoms with van der Waals surface area (Å²) in [6, 6.07) is 12.6. The van der Waals surface area contributed by atoms with Crippen molar-refractivity contribution in [2.75, 3.05) is 52.1 Å². The quantitative estimate of drug-likeness (QED) is 0.292. The first-order chi connectivity index (χ1) is 21.3. The van der Waals surface area contributed by atoms with Crippen LogP contribution in [0.25, 0.3) is 11.3 Å². The lowest BCUT2D eigenvalue weighted by Gasteiger charge is -2.46. The molecule has 0 spiro atoms. The van der Waals surface area contributed by atoms with E-state index in [-0.39, 0.29) is 23.7 Å². The third-order valence-electron chi connectivity index (χ3n) is 9.42. The van der Waals surface area contributed by atoms with Crippen LogP contribution in [-0.2, 0) is 6.54 Å². The number of carbonyl (C=O) groups excluding carboxylic acids is 2. The number of likely N-dealkylation sites (tertiary alicyclic amines) is 2. The van der Waals surface area contributed by atoms with Crippen LogP contribution in [0, 0.1) is 5.82 Å². The first-order valence-electron chi connectivity index (χ1n) is 15.4. The van der Waals surface area contributed by atoms with Crippen molar-refractivity contribution in [1.82, 2.24) is 30.2 Å². The molecule has 0 radical (unpaired) electrons. The molecule has 6 N–H and O–H groups in total. The van der Waals surface area contributed by atoms with Gasteiger partial charge in [0.1, 0.15) is 28.6 Å². The Kier molecular flexibility index (Phi) is 8.83. The van der Waals surface area contributed by atoms with Crippen LogP contribution in [0.2, 0.25) is 0 Å². The van der Waals surface area contributed by atoms with Crippen molar-refractivity contribution in [2.24, 2.45) is 5.73 Å². The number of primary amides is 1. The molecule has 3 aliphatic rings. The number of aromatic nitrogens is 2. The molecule has 3 aliphatic heterocycles. The van der Waals surface area contributed by atoms with Gasteiger partial charge in [0, 0.05) is 63.5 Å². The lowest BCUT2D eigenvalue weighted by molar-refractivity contribution is 0.0494. The predicted octanol–water partition coefficient (Wildman–Crippen LogP) is 2.38. The Morgan fingerprint density at radius 3 is 2.20 bits per heavy atom. The number of hydrogen-bond acceptors (Lipinski definition) is 8. The fourth-order valence-electron chi connectivity index (χ4n) is 6.73. The predicted molar refractivity (Wildman–Crippen MR) is 166 cm³/mol. The molecule has 12 heteroatoms. The second-order valence-corrected chi connectivity index (χ2v) is 12.0. The smallest absolute Gasteiger partial charge is 0.255 e. The fourth-order valence-corrected chi connectivity index (χ4v) is 6.73. The van der Waals surface area contributed by atoms with E-state index in [4.69, 9.17) is 21.3 Å². The second-order valence-electron chi connectivity index (χ2n) is 12.0. The van der Waals surface area contributed by atoms with E-state index in [1.54, 1.807) is 4.68 Å². The Balaban J connectivity index is 1.09. The summed E-state index contributed by atoms with van der Waals surface area (Å²) in [5.74, 6) is -0.994. The Hall–Kier alpha value is -4.00. The zero-order valence-corrected chi connectivity index (χ0v) is 25.1. The van der Waals surface area contributed by atoms with Gasteiger partial charge in [-0.05, 0) is 49.4 Å². The number of piperidine rings is 2. The first-order valence-corrected chi connectivity index (χ1v) is 15.4. The van der Waals surface area contributed by atoms with Crippen molar-refractivity contribution < 1.29 is 18.7 Å². The van der Waals surface area contributed by atoms with Crippen LogP contribution in [0.1, 0.15) is 58.0 Å². The molecule has 0 atom stereocenters. The van der Waals surface area contributed by atoms with Crippen LogP contribution in [0.4, 0.5) is 10.2 Å². The number of hydrogen-bond donors (Lipinski definition) is 4. The molecular weight excluding hydrogens is 563 g/mol. The van der Waals surface area contributed by atoms with Crippen molar-refractivity contribution in [1.29, 1.82) is 0 Å². The average Bonchev–Trinajstić information content (AvgIpc) is 3.37. The zero-order valence-electron chi connectivity index (χ0n) is 25.1. The summed E-state index contributed by atoms with van der Waals surface area (Å²) in [6.07, 6.45) is 4.23. The van der Waals surface area contributed by atoms with Crippen LogP contribution < -0.4 is 26.8 Å². The lowest BCUT2D eigenvalue weighted by Crippen LogP contribution is -2.60. The molecule has 2 aromatic carbocycles. The monoisotopic (exact) mass is 604 g/mol. The van der Waals surface area contributed by atoms with Crippen molar-refractivity contribution in [3.05, 3.63) is 65.0 Å². The average molecular weight is 605 g/mol. The maximum atomic E-state index is 13.7. The highest BCUT2D eigenvalue weighted by Gasteiger charge is 2.34. The summed E-state index contributed by atoms with van der Waals surface area (Å²) >= 11 is 0. The standard InChI is InChI=1S/C32H41FN8O3/c1-44-27-7-6-22(33)16-26(27)32(43)37-17-20-2-4-21(5-3-20)29-28(31(35)42)30(34)41(38-29)24-10-14-39(15-11-24)23-8-12-40(13-9-23)25-18-36-19-25/h2-7,16,23-25,36H,8-15,17-19,34H2,1H3,(H2,35,42)(H,37,43). The highest BCUT2D eigenvalue weighted by Crippen LogP contribution is 2.34. The zero-order chi connectivity index (χ0) is 30.8. The highest BCUT2D eigenvalue weighted by atomic mass is 19.1. The largest absolute Gasteiger partial charge is 0.496 e. The summed E-state index contributed by atoms with van der Waals surface area (Å²) in [4.78, 5) is 30.4. The van der Waals surface area contributed by atoms with Crippen molar-refractivity contribution in [3.8, 4) is 17.0 Å². The molecule has 2 amide bonds. The molecule has 6 rings (SSSR count). The summed E-state index contributed by atoms with van der Waals surface area (Å²) in [7, 11) is 1.43. The summed E-state index contributed by atoms with van der Waals surface area (Å²) in [6.45, 7) is 6.74. The van der Waals surface area contributed by atoms with Crippen molar-refractivity contribution in [3.63, 3.8) is 0 Å². The van der Waals surface area contributed by atoms with Gasteiger partial charge in [-0.3, -0.25) is 14.5 Å². The molecule has 3 aromatic rings. The molecule has 3 fully saturated rings. The number of nitrogens with one attached hydrogen (secondary N) is 2. The van der Waals surface area contributed by atoms with Gasteiger partial charge < -0.3 is 31.7 Å². The van der Waals surface area contributed by atoms with Crippen LogP contribution in [-0.4, -0.2) is 89.9 Å². The van der Waals surface area contributed by atoms with Gasteiger partial charge in [0.2, 0.25) is 0 Å². The summed E-state index contributed by atoms with van der Waals surface area (Å²) < 4.78 is 20.7. The van der Waals surface area contributed by atoms with Gasteiger partial charge in [-0.25, -0.2) is 9.07 Å². The Morgan fingerprint density at radius 1 is 0.977 bits per heavy atom. The minimum atomic E-state index is -0.616. The maximum Gasteiger partial charge on any atom is 0.255 e. The number of rotatable bonds is 9. The molecule has 44 heavy (non-hydrogen) atoms. The van der Waals surface area contributed by atoms with E-state index in [2.05, 4.69) is 20.4 Å². The van der Waals surface area contributed by atoms with E-state index in [0.717, 1.165) is 50.7 Å². The third-order valence-corrected chi connectivity index (χ3v) is 9.42. The number of halogens is 1. The summed E-state index contributed by atoms with van der Waals surface area (Å²) in [5, 5.41) is 11.0. The molecule has 0 unspecified atom stereocenters. The number of anilines is 1. The van der Waals surface area contributed by atoms with Gasteiger partial charge in [0.15, 0.2) is 0 Å².